The minimum absolute atomic E-state index is 0.185. The van der Waals surface area contributed by atoms with E-state index in [0.29, 0.717) is 5.75 Å². The fourth-order valence-corrected chi connectivity index (χ4v) is 1.13. The van der Waals surface area contributed by atoms with E-state index in [9.17, 15) is 13.2 Å². The van der Waals surface area contributed by atoms with Crippen LogP contribution >= 0.6 is 0 Å². The van der Waals surface area contributed by atoms with E-state index in [1.807, 2.05) is 0 Å². The van der Waals surface area contributed by atoms with E-state index in [2.05, 4.69) is 5.32 Å². The van der Waals surface area contributed by atoms with Crippen molar-refractivity contribution in [1.29, 1.82) is 0 Å². The van der Waals surface area contributed by atoms with E-state index in [-0.39, 0.29) is 6.54 Å². The molecule has 0 spiro atoms. The molecule has 5 heteroatoms. The lowest BCUT2D eigenvalue weighted by Gasteiger charge is -2.17. The molecular weight excluding hydrogens is 219 g/mol. The first-order valence-corrected chi connectivity index (χ1v) is 4.86. The number of benzene rings is 1. The van der Waals surface area contributed by atoms with Gasteiger partial charge in [0.1, 0.15) is 11.8 Å². The zero-order chi connectivity index (χ0) is 12.2. The van der Waals surface area contributed by atoms with Gasteiger partial charge in [0.05, 0.1) is 7.11 Å². The van der Waals surface area contributed by atoms with Crippen molar-refractivity contribution in [3.8, 4) is 5.75 Å². The van der Waals surface area contributed by atoms with Gasteiger partial charge in [0.25, 0.3) is 0 Å². The van der Waals surface area contributed by atoms with Crippen molar-refractivity contribution in [2.24, 2.45) is 0 Å². The Bertz CT molecular complexity index is 321. The average molecular weight is 233 g/mol. The summed E-state index contributed by atoms with van der Waals surface area (Å²) in [5, 5.41) is 2.41. The molecule has 1 N–H and O–H groups in total. The monoisotopic (exact) mass is 233 g/mol. The van der Waals surface area contributed by atoms with Crippen molar-refractivity contribution in [3.05, 3.63) is 29.8 Å². The fraction of sp³-hybridized carbons (Fsp3) is 0.455. The standard InChI is InChI=1S/C11H14F3NO/c1-8(11(12,13)14)15-7-9-3-5-10(16-2)6-4-9/h3-6,8,15H,7H2,1-2H3. The maximum Gasteiger partial charge on any atom is 0.403 e. The molecule has 1 aromatic rings. The Morgan fingerprint density at radius 1 is 1.25 bits per heavy atom. The van der Waals surface area contributed by atoms with Crippen molar-refractivity contribution in [1.82, 2.24) is 5.32 Å². The molecule has 0 aliphatic heterocycles. The SMILES string of the molecule is COc1ccc(CNC(C)C(F)(F)F)cc1. The highest BCUT2D eigenvalue weighted by Gasteiger charge is 2.35. The molecular formula is C11H14F3NO. The first-order chi connectivity index (χ1) is 7.43. The summed E-state index contributed by atoms with van der Waals surface area (Å²) < 4.78 is 41.5. The van der Waals surface area contributed by atoms with Gasteiger partial charge in [-0.05, 0) is 24.6 Å². The number of nitrogens with one attached hydrogen (secondary N) is 1. The van der Waals surface area contributed by atoms with Crippen LogP contribution in [0.2, 0.25) is 0 Å². The Hall–Kier alpha value is -1.23. The summed E-state index contributed by atoms with van der Waals surface area (Å²) in [6.07, 6.45) is -4.20. The molecule has 0 fully saturated rings. The van der Waals surface area contributed by atoms with Gasteiger partial charge < -0.3 is 10.1 Å². The topological polar surface area (TPSA) is 21.3 Å². The first-order valence-electron chi connectivity index (χ1n) is 4.86. The first kappa shape index (κ1) is 12.8. The molecule has 0 aliphatic rings. The second-order valence-corrected chi connectivity index (χ2v) is 3.49. The van der Waals surface area contributed by atoms with Gasteiger partial charge in [0.2, 0.25) is 0 Å². The lowest BCUT2D eigenvalue weighted by atomic mass is 10.2. The number of hydrogen-bond acceptors (Lipinski definition) is 2. The van der Waals surface area contributed by atoms with Gasteiger partial charge in [-0.25, -0.2) is 0 Å². The van der Waals surface area contributed by atoms with Crippen LogP contribution in [0.25, 0.3) is 0 Å². The molecule has 2 nitrogen and oxygen atoms in total. The summed E-state index contributed by atoms with van der Waals surface area (Å²) in [5.74, 6) is 0.688. The fourth-order valence-electron chi connectivity index (χ4n) is 1.13. The highest BCUT2D eigenvalue weighted by Crippen LogP contribution is 2.20. The minimum Gasteiger partial charge on any atom is -0.497 e. The number of ether oxygens (including phenoxy) is 1. The van der Waals surface area contributed by atoms with Gasteiger partial charge in [0, 0.05) is 6.54 Å². The van der Waals surface area contributed by atoms with Crippen molar-refractivity contribution >= 4 is 0 Å². The van der Waals surface area contributed by atoms with E-state index in [1.54, 1.807) is 31.4 Å². The molecule has 0 aliphatic carbocycles. The van der Waals surface area contributed by atoms with Gasteiger partial charge in [-0.1, -0.05) is 12.1 Å². The summed E-state index contributed by atoms with van der Waals surface area (Å²) in [4.78, 5) is 0. The average Bonchev–Trinajstić information content (AvgIpc) is 2.25. The summed E-state index contributed by atoms with van der Waals surface area (Å²) in [6, 6.07) is 5.39. The molecule has 90 valence electrons. The highest BCUT2D eigenvalue weighted by atomic mass is 19.4. The lowest BCUT2D eigenvalue weighted by molar-refractivity contribution is -0.151. The van der Waals surface area contributed by atoms with Crippen LogP contribution in [-0.2, 0) is 6.54 Å². The summed E-state index contributed by atoms with van der Waals surface area (Å²) in [6.45, 7) is 1.29. The molecule has 16 heavy (non-hydrogen) atoms. The number of rotatable bonds is 4. The quantitative estimate of drug-likeness (QED) is 0.863. The van der Waals surface area contributed by atoms with Crippen LogP contribution in [0, 0.1) is 0 Å². The normalized spacial score (nSPS) is 13.6. The van der Waals surface area contributed by atoms with E-state index in [4.69, 9.17) is 4.74 Å². The predicted octanol–water partition coefficient (Wildman–Crippen LogP) is 2.74. The Labute approximate surface area is 92.4 Å². The number of hydrogen-bond donors (Lipinski definition) is 1. The highest BCUT2D eigenvalue weighted by molar-refractivity contribution is 5.27. The third-order valence-corrected chi connectivity index (χ3v) is 2.26. The second-order valence-electron chi connectivity index (χ2n) is 3.49. The zero-order valence-corrected chi connectivity index (χ0v) is 9.14. The van der Waals surface area contributed by atoms with E-state index < -0.39 is 12.2 Å². The number of methoxy groups -OCH3 is 1. The van der Waals surface area contributed by atoms with Crippen molar-refractivity contribution in [3.63, 3.8) is 0 Å². The predicted molar refractivity (Wildman–Crippen MR) is 55.4 cm³/mol. The Morgan fingerprint density at radius 3 is 2.25 bits per heavy atom. The van der Waals surface area contributed by atoms with Crippen molar-refractivity contribution < 1.29 is 17.9 Å². The number of alkyl halides is 3. The van der Waals surface area contributed by atoms with E-state index >= 15 is 0 Å². The molecule has 0 saturated heterocycles. The summed E-state index contributed by atoms with van der Waals surface area (Å²) in [5.41, 5.74) is 0.789. The smallest absolute Gasteiger partial charge is 0.403 e. The van der Waals surface area contributed by atoms with Gasteiger partial charge in [0.15, 0.2) is 0 Å². The van der Waals surface area contributed by atoms with E-state index in [0.717, 1.165) is 12.5 Å². The molecule has 0 radical (unpaired) electrons. The van der Waals surface area contributed by atoms with Crippen LogP contribution in [0.1, 0.15) is 12.5 Å². The molecule has 0 amide bonds. The Balaban J connectivity index is 2.48. The van der Waals surface area contributed by atoms with Crippen LogP contribution < -0.4 is 10.1 Å². The summed E-state index contributed by atoms with van der Waals surface area (Å²) >= 11 is 0. The Morgan fingerprint density at radius 2 is 1.81 bits per heavy atom. The molecule has 1 atom stereocenters. The molecule has 0 heterocycles. The number of halogens is 3. The van der Waals surface area contributed by atoms with Gasteiger partial charge in [-0.15, -0.1) is 0 Å². The molecule has 1 unspecified atom stereocenters. The summed E-state index contributed by atoms with van der Waals surface area (Å²) in [7, 11) is 1.54. The molecule has 0 saturated carbocycles. The minimum atomic E-state index is -4.20. The maximum absolute atomic E-state index is 12.2. The van der Waals surface area contributed by atoms with Gasteiger partial charge in [-0.3, -0.25) is 0 Å². The Kier molecular flexibility index (Phi) is 4.18. The van der Waals surface area contributed by atoms with Crippen LogP contribution in [0.5, 0.6) is 5.75 Å². The van der Waals surface area contributed by atoms with Crippen LogP contribution in [0.4, 0.5) is 13.2 Å². The van der Waals surface area contributed by atoms with Gasteiger partial charge in [-0.2, -0.15) is 13.2 Å². The zero-order valence-electron chi connectivity index (χ0n) is 9.14. The third-order valence-electron chi connectivity index (χ3n) is 2.26. The van der Waals surface area contributed by atoms with Crippen molar-refractivity contribution in [2.75, 3.05) is 7.11 Å². The van der Waals surface area contributed by atoms with Crippen molar-refractivity contribution in [2.45, 2.75) is 25.7 Å². The molecule has 0 bridgehead atoms. The van der Waals surface area contributed by atoms with Gasteiger partial charge >= 0.3 is 6.18 Å². The largest absolute Gasteiger partial charge is 0.497 e. The molecule has 0 aromatic heterocycles. The van der Waals surface area contributed by atoms with Crippen LogP contribution in [0.3, 0.4) is 0 Å². The molecule has 1 rings (SSSR count). The molecule has 1 aromatic carbocycles. The van der Waals surface area contributed by atoms with E-state index in [1.165, 1.54) is 0 Å². The maximum atomic E-state index is 12.2. The third kappa shape index (κ3) is 3.73. The lowest BCUT2D eigenvalue weighted by Crippen LogP contribution is -2.39. The second kappa shape index (κ2) is 5.21. The van der Waals surface area contributed by atoms with Crippen LogP contribution in [0.15, 0.2) is 24.3 Å². The van der Waals surface area contributed by atoms with Crippen LogP contribution in [-0.4, -0.2) is 19.3 Å².